The first-order chi connectivity index (χ1) is 8.74. The third-order valence-corrected chi connectivity index (χ3v) is 3.31. The highest BCUT2D eigenvalue weighted by Gasteiger charge is 2.08. The van der Waals surface area contributed by atoms with Crippen LogP contribution in [0.25, 0.3) is 6.08 Å². The second-order valence-electron chi connectivity index (χ2n) is 4.32. The topological polar surface area (TPSA) is 3.24 Å². The number of nitrogens with zero attached hydrogens (tertiary/aromatic N) is 1. The molecule has 1 atom stereocenters. The molecule has 0 N–H and O–H groups in total. The molecule has 0 aliphatic heterocycles. The highest BCUT2D eigenvalue weighted by molar-refractivity contribution is 6.13. The van der Waals surface area contributed by atoms with E-state index in [0.717, 1.165) is 19.4 Å². The van der Waals surface area contributed by atoms with Gasteiger partial charge in [0.25, 0.3) is 0 Å². The van der Waals surface area contributed by atoms with Crippen LogP contribution < -0.4 is 0 Å². The van der Waals surface area contributed by atoms with Crippen molar-refractivity contribution >= 4 is 17.9 Å². The van der Waals surface area contributed by atoms with Crippen molar-refractivity contribution in [1.29, 1.82) is 0 Å². The van der Waals surface area contributed by atoms with Crippen LogP contribution in [0.1, 0.15) is 31.7 Å². The van der Waals surface area contributed by atoms with Crippen LogP contribution >= 0.6 is 11.8 Å². The van der Waals surface area contributed by atoms with E-state index in [2.05, 4.69) is 37.1 Å². The highest BCUT2D eigenvalue weighted by atomic mass is 35.5. The molecule has 0 aliphatic carbocycles. The van der Waals surface area contributed by atoms with Crippen LogP contribution in [0.5, 0.6) is 0 Å². The van der Waals surface area contributed by atoms with E-state index in [1.54, 1.807) is 4.42 Å². The van der Waals surface area contributed by atoms with Crippen LogP contribution in [-0.2, 0) is 0 Å². The van der Waals surface area contributed by atoms with Crippen molar-refractivity contribution in [1.82, 2.24) is 4.42 Å². The third-order valence-electron chi connectivity index (χ3n) is 2.81. The van der Waals surface area contributed by atoms with Gasteiger partial charge < -0.3 is 0 Å². The minimum absolute atomic E-state index is 0.348. The molecule has 1 nitrogen and oxygen atoms in total. The summed E-state index contributed by atoms with van der Waals surface area (Å²) in [5, 5.41) is 0. The SMILES string of the molecule is C#CCCN(Cl)C(C)CC/C=C/c1ccccc1. The van der Waals surface area contributed by atoms with E-state index in [9.17, 15) is 0 Å². The van der Waals surface area contributed by atoms with Crippen LogP contribution in [-0.4, -0.2) is 17.0 Å². The fourth-order valence-electron chi connectivity index (χ4n) is 1.65. The molecule has 0 amide bonds. The van der Waals surface area contributed by atoms with Crippen molar-refractivity contribution in [2.75, 3.05) is 6.54 Å². The summed E-state index contributed by atoms with van der Waals surface area (Å²) in [6, 6.07) is 10.7. The van der Waals surface area contributed by atoms with Gasteiger partial charge in [0.15, 0.2) is 0 Å². The number of rotatable bonds is 7. The zero-order valence-corrected chi connectivity index (χ0v) is 11.6. The molecule has 0 saturated heterocycles. The Morgan fingerprint density at radius 1 is 1.39 bits per heavy atom. The molecular weight excluding hydrogens is 242 g/mol. The van der Waals surface area contributed by atoms with Crippen molar-refractivity contribution in [3.8, 4) is 12.3 Å². The van der Waals surface area contributed by atoms with Crippen molar-refractivity contribution in [3.05, 3.63) is 42.0 Å². The Labute approximate surface area is 116 Å². The lowest BCUT2D eigenvalue weighted by atomic mass is 10.1. The Morgan fingerprint density at radius 3 is 2.78 bits per heavy atom. The molecule has 0 saturated carbocycles. The minimum Gasteiger partial charge on any atom is -0.216 e. The molecule has 0 spiro atoms. The Bertz CT molecular complexity index is 391. The maximum Gasteiger partial charge on any atom is 0.0251 e. The van der Waals surface area contributed by atoms with Gasteiger partial charge >= 0.3 is 0 Å². The first-order valence-corrected chi connectivity index (χ1v) is 6.65. The smallest absolute Gasteiger partial charge is 0.0251 e. The molecule has 1 aromatic carbocycles. The van der Waals surface area contributed by atoms with Gasteiger partial charge in [0.1, 0.15) is 0 Å². The fraction of sp³-hybridized carbons (Fsp3) is 0.375. The maximum atomic E-state index is 6.12. The first-order valence-electron chi connectivity index (χ1n) is 6.31. The third kappa shape index (κ3) is 5.91. The first kappa shape index (κ1) is 14.8. The molecule has 0 bridgehead atoms. The monoisotopic (exact) mass is 261 g/mol. The lowest BCUT2D eigenvalue weighted by Gasteiger charge is -2.19. The standard InChI is InChI=1S/C16H20ClN/c1-3-4-14-18(17)15(2)10-8-9-13-16-11-6-5-7-12-16/h1,5-7,9,11-13,15H,4,8,10,14H2,2H3/b13-9+. The van der Waals surface area contributed by atoms with E-state index >= 15 is 0 Å². The number of hydrogen-bond donors (Lipinski definition) is 0. The molecule has 0 fully saturated rings. The van der Waals surface area contributed by atoms with Gasteiger partial charge in [0, 0.05) is 19.0 Å². The van der Waals surface area contributed by atoms with E-state index in [-0.39, 0.29) is 0 Å². The zero-order valence-electron chi connectivity index (χ0n) is 10.8. The number of benzene rings is 1. The number of hydrogen-bond acceptors (Lipinski definition) is 1. The Hall–Kier alpha value is -1.23. The van der Waals surface area contributed by atoms with Gasteiger partial charge in [0.05, 0.1) is 0 Å². The second-order valence-corrected chi connectivity index (χ2v) is 4.75. The molecule has 1 aromatic rings. The molecule has 96 valence electrons. The van der Waals surface area contributed by atoms with Crippen LogP contribution in [0, 0.1) is 12.3 Å². The minimum atomic E-state index is 0.348. The Morgan fingerprint density at radius 2 is 2.11 bits per heavy atom. The van der Waals surface area contributed by atoms with Crippen molar-refractivity contribution in [2.45, 2.75) is 32.2 Å². The summed E-state index contributed by atoms with van der Waals surface area (Å²) in [4.78, 5) is 0. The molecule has 0 aliphatic rings. The average Bonchev–Trinajstić information content (AvgIpc) is 2.41. The van der Waals surface area contributed by atoms with Crippen LogP contribution in [0.2, 0.25) is 0 Å². The Kier molecular flexibility index (Phi) is 7.25. The lowest BCUT2D eigenvalue weighted by molar-refractivity contribution is 0.350. The number of allylic oxidation sites excluding steroid dienone is 1. The van der Waals surface area contributed by atoms with Gasteiger partial charge in [-0.25, -0.2) is 4.42 Å². The number of halogens is 1. The van der Waals surface area contributed by atoms with Crippen LogP contribution in [0.4, 0.5) is 0 Å². The van der Waals surface area contributed by atoms with Gasteiger partial charge in [-0.1, -0.05) is 42.5 Å². The molecule has 1 rings (SSSR count). The number of terminal acetylenes is 1. The van der Waals surface area contributed by atoms with Crippen LogP contribution in [0.15, 0.2) is 36.4 Å². The Balaban J connectivity index is 2.25. The quantitative estimate of drug-likeness (QED) is 0.521. The second kappa shape index (κ2) is 8.80. The summed E-state index contributed by atoms with van der Waals surface area (Å²) in [6.07, 6.45) is 12.3. The molecule has 0 heterocycles. The van der Waals surface area contributed by atoms with E-state index in [0.29, 0.717) is 12.5 Å². The molecule has 18 heavy (non-hydrogen) atoms. The van der Waals surface area contributed by atoms with Gasteiger partial charge in [-0.3, -0.25) is 0 Å². The predicted octanol–water partition coefficient (Wildman–Crippen LogP) is 4.35. The van der Waals surface area contributed by atoms with E-state index in [1.807, 2.05) is 18.2 Å². The van der Waals surface area contributed by atoms with Crippen molar-refractivity contribution < 1.29 is 0 Å². The highest BCUT2D eigenvalue weighted by Crippen LogP contribution is 2.11. The molecular formula is C16H20ClN. The van der Waals surface area contributed by atoms with Gasteiger partial charge in [0.2, 0.25) is 0 Å². The summed E-state index contributed by atoms with van der Waals surface area (Å²) >= 11 is 6.12. The maximum absolute atomic E-state index is 6.12. The summed E-state index contributed by atoms with van der Waals surface area (Å²) in [6.45, 7) is 2.88. The normalized spacial score (nSPS) is 12.8. The molecule has 1 unspecified atom stereocenters. The summed E-state index contributed by atoms with van der Waals surface area (Å²) in [7, 11) is 0. The fourth-order valence-corrected chi connectivity index (χ4v) is 1.83. The lowest BCUT2D eigenvalue weighted by Crippen LogP contribution is -2.24. The summed E-state index contributed by atoms with van der Waals surface area (Å²) in [5.41, 5.74) is 1.24. The van der Waals surface area contributed by atoms with Gasteiger partial charge in [-0.15, -0.1) is 12.3 Å². The zero-order chi connectivity index (χ0) is 13.2. The van der Waals surface area contributed by atoms with Gasteiger partial charge in [-0.05, 0) is 37.1 Å². The van der Waals surface area contributed by atoms with Crippen molar-refractivity contribution in [3.63, 3.8) is 0 Å². The van der Waals surface area contributed by atoms with Gasteiger partial charge in [-0.2, -0.15) is 0 Å². The summed E-state index contributed by atoms with van der Waals surface area (Å²) in [5.74, 6) is 2.60. The van der Waals surface area contributed by atoms with Crippen molar-refractivity contribution in [2.24, 2.45) is 0 Å². The van der Waals surface area contributed by atoms with E-state index < -0.39 is 0 Å². The van der Waals surface area contributed by atoms with E-state index in [4.69, 9.17) is 18.2 Å². The molecule has 0 radical (unpaired) electrons. The van der Waals surface area contributed by atoms with E-state index in [1.165, 1.54) is 5.56 Å². The average molecular weight is 262 g/mol. The van der Waals surface area contributed by atoms with Crippen LogP contribution in [0.3, 0.4) is 0 Å². The predicted molar refractivity (Wildman–Crippen MR) is 80.2 cm³/mol. The largest absolute Gasteiger partial charge is 0.216 e. The summed E-state index contributed by atoms with van der Waals surface area (Å²) < 4.78 is 1.80. The molecule has 0 aromatic heterocycles. The molecule has 2 heteroatoms.